The Labute approximate surface area is 196 Å². The third-order valence-corrected chi connectivity index (χ3v) is 11.0. The molecule has 2 N–H and O–H groups in total. The minimum Gasteiger partial charge on any atom is -0.507 e. The SMILES string of the molecule is CCCC[P+](CCCC)(CCCC)Cc1ccccc1.Oc1ccc(O)c2ccccc12. The first-order valence-corrected chi connectivity index (χ1v) is 14.9. The fourth-order valence-corrected chi connectivity index (χ4v) is 9.38. The van der Waals surface area contributed by atoms with Crippen molar-refractivity contribution in [1.29, 1.82) is 0 Å². The van der Waals surface area contributed by atoms with E-state index in [0.29, 0.717) is 10.8 Å². The molecule has 0 aliphatic rings. The molecule has 0 fully saturated rings. The average molecular weight is 454 g/mol. The second-order valence-corrected chi connectivity index (χ2v) is 13.2. The van der Waals surface area contributed by atoms with Crippen LogP contribution in [0.3, 0.4) is 0 Å². The Kier molecular flexibility index (Phi) is 11.6. The number of benzene rings is 3. The molecule has 0 saturated heterocycles. The Balaban J connectivity index is 0.000000255. The molecular weight excluding hydrogens is 411 g/mol. The van der Waals surface area contributed by atoms with Crippen LogP contribution in [0.15, 0.2) is 66.7 Å². The van der Waals surface area contributed by atoms with E-state index >= 15 is 0 Å². The Morgan fingerprint density at radius 2 is 0.969 bits per heavy atom. The summed E-state index contributed by atoms with van der Waals surface area (Å²) in [7, 11) is -0.768. The largest absolute Gasteiger partial charge is 0.507 e. The molecule has 0 amide bonds. The van der Waals surface area contributed by atoms with Gasteiger partial charge in [0.25, 0.3) is 0 Å². The first-order chi connectivity index (χ1) is 15.5. The number of phenolic OH excluding ortho intramolecular Hbond substituents is 2. The second kappa shape index (κ2) is 14.2. The van der Waals surface area contributed by atoms with Crippen molar-refractivity contribution in [3.8, 4) is 11.5 Å². The fraction of sp³-hybridized carbons (Fsp3) is 0.448. The summed E-state index contributed by atoms with van der Waals surface area (Å²) in [6.45, 7) is 7.03. The standard InChI is InChI=1S/C19H34P.C10H8O2/c1-4-7-15-20(16-8-5-2,17-9-6-3)18-19-13-11-10-12-14-19;11-9-5-6-10(12)8-4-2-1-3-7(8)9/h10-14H,4-9,15-18H2,1-3H3;1-6,11-12H/q+1;. The summed E-state index contributed by atoms with van der Waals surface area (Å²) in [4.78, 5) is 0. The van der Waals surface area contributed by atoms with E-state index in [1.54, 1.807) is 17.7 Å². The number of hydrogen-bond acceptors (Lipinski definition) is 2. The average Bonchev–Trinajstić information content (AvgIpc) is 2.83. The molecule has 3 rings (SSSR count). The molecule has 174 valence electrons. The molecule has 3 aromatic carbocycles. The van der Waals surface area contributed by atoms with Crippen LogP contribution in [-0.2, 0) is 6.16 Å². The van der Waals surface area contributed by atoms with Crippen molar-refractivity contribution in [1.82, 2.24) is 0 Å². The van der Waals surface area contributed by atoms with Gasteiger partial charge in [-0.05, 0) is 37.0 Å². The van der Waals surface area contributed by atoms with E-state index in [-0.39, 0.29) is 11.5 Å². The highest BCUT2D eigenvalue weighted by atomic mass is 31.2. The van der Waals surface area contributed by atoms with Gasteiger partial charge in [0.15, 0.2) is 0 Å². The zero-order valence-electron chi connectivity index (χ0n) is 20.3. The normalized spacial score (nSPS) is 11.2. The molecule has 3 aromatic rings. The molecule has 0 saturated carbocycles. The lowest BCUT2D eigenvalue weighted by molar-refractivity contribution is 0.469. The summed E-state index contributed by atoms with van der Waals surface area (Å²) in [5.41, 5.74) is 1.59. The number of unbranched alkanes of at least 4 members (excludes halogenated alkanes) is 3. The van der Waals surface area contributed by atoms with E-state index in [2.05, 4.69) is 51.1 Å². The van der Waals surface area contributed by atoms with Gasteiger partial charge >= 0.3 is 0 Å². The van der Waals surface area contributed by atoms with Crippen LogP contribution in [0.25, 0.3) is 10.8 Å². The van der Waals surface area contributed by atoms with Crippen molar-refractivity contribution >= 4 is 18.0 Å². The summed E-state index contributed by atoms with van der Waals surface area (Å²) >= 11 is 0. The van der Waals surface area contributed by atoms with Crippen LogP contribution in [0.4, 0.5) is 0 Å². The summed E-state index contributed by atoms with van der Waals surface area (Å²) in [5.74, 6) is 0.395. The second-order valence-electron chi connectivity index (χ2n) is 8.87. The number of phenols is 2. The van der Waals surface area contributed by atoms with Gasteiger partial charge < -0.3 is 10.2 Å². The maximum Gasteiger partial charge on any atom is 0.123 e. The monoisotopic (exact) mass is 453 g/mol. The highest BCUT2D eigenvalue weighted by Crippen LogP contribution is 2.63. The summed E-state index contributed by atoms with van der Waals surface area (Å²) < 4.78 is 0. The molecule has 2 nitrogen and oxygen atoms in total. The van der Waals surface area contributed by atoms with Crippen molar-refractivity contribution in [2.24, 2.45) is 0 Å². The van der Waals surface area contributed by atoms with E-state index in [1.807, 2.05) is 12.1 Å². The maximum atomic E-state index is 9.38. The van der Waals surface area contributed by atoms with Gasteiger partial charge in [-0.15, -0.1) is 0 Å². The first-order valence-electron chi connectivity index (χ1n) is 12.3. The molecule has 0 unspecified atom stereocenters. The van der Waals surface area contributed by atoms with Crippen LogP contribution >= 0.6 is 7.26 Å². The minimum atomic E-state index is -0.768. The van der Waals surface area contributed by atoms with Crippen LogP contribution in [0.1, 0.15) is 64.9 Å². The molecule has 32 heavy (non-hydrogen) atoms. The van der Waals surface area contributed by atoms with Gasteiger partial charge in [0, 0.05) is 18.0 Å². The van der Waals surface area contributed by atoms with Crippen LogP contribution in [0.2, 0.25) is 0 Å². The molecule has 3 heteroatoms. The predicted molar refractivity (Wildman–Crippen MR) is 144 cm³/mol. The maximum absolute atomic E-state index is 9.38. The molecule has 0 bridgehead atoms. The summed E-state index contributed by atoms with van der Waals surface area (Å²) in [5, 5.41) is 20.1. The predicted octanol–water partition coefficient (Wildman–Crippen LogP) is 8.86. The van der Waals surface area contributed by atoms with Gasteiger partial charge in [-0.1, -0.05) is 94.6 Å². The van der Waals surface area contributed by atoms with Crippen molar-refractivity contribution in [2.45, 2.75) is 65.5 Å². The van der Waals surface area contributed by atoms with E-state index in [0.717, 1.165) is 0 Å². The van der Waals surface area contributed by atoms with Gasteiger partial charge in [0.05, 0.1) is 24.6 Å². The lowest BCUT2D eigenvalue weighted by Crippen LogP contribution is -2.11. The quantitative estimate of drug-likeness (QED) is 0.225. The molecule has 0 radical (unpaired) electrons. The molecule has 0 atom stereocenters. The highest BCUT2D eigenvalue weighted by Gasteiger charge is 2.35. The minimum absolute atomic E-state index is 0.198. The highest BCUT2D eigenvalue weighted by molar-refractivity contribution is 7.75. The van der Waals surface area contributed by atoms with E-state index in [9.17, 15) is 10.2 Å². The molecule has 0 aromatic heterocycles. The number of aromatic hydroxyl groups is 2. The zero-order chi connectivity index (χ0) is 23.2. The van der Waals surface area contributed by atoms with Crippen LogP contribution in [-0.4, -0.2) is 28.7 Å². The third-order valence-electron chi connectivity index (χ3n) is 6.20. The Morgan fingerprint density at radius 3 is 1.38 bits per heavy atom. The lowest BCUT2D eigenvalue weighted by Gasteiger charge is -2.28. The van der Waals surface area contributed by atoms with Crippen molar-refractivity contribution in [3.63, 3.8) is 0 Å². The molecule has 0 aliphatic carbocycles. The topological polar surface area (TPSA) is 40.5 Å². The molecular formula is C29H42O2P+. The fourth-order valence-electron chi connectivity index (χ4n) is 4.29. The summed E-state index contributed by atoms with van der Waals surface area (Å²) in [6, 6.07) is 21.4. The van der Waals surface area contributed by atoms with Crippen molar-refractivity contribution in [2.75, 3.05) is 18.5 Å². The van der Waals surface area contributed by atoms with Gasteiger partial charge in [-0.2, -0.15) is 0 Å². The van der Waals surface area contributed by atoms with Gasteiger partial charge in [0.1, 0.15) is 11.5 Å². The van der Waals surface area contributed by atoms with Crippen LogP contribution in [0.5, 0.6) is 11.5 Å². The molecule has 0 spiro atoms. The molecule has 0 heterocycles. The Bertz CT molecular complexity index is 845. The lowest BCUT2D eigenvalue weighted by atomic mass is 10.1. The Hall–Kier alpha value is -2.05. The Morgan fingerprint density at radius 1 is 0.562 bits per heavy atom. The van der Waals surface area contributed by atoms with Crippen molar-refractivity contribution < 1.29 is 10.2 Å². The third kappa shape index (κ3) is 8.14. The molecule has 0 aliphatic heterocycles. The smallest absolute Gasteiger partial charge is 0.123 e. The zero-order valence-corrected chi connectivity index (χ0v) is 21.2. The number of hydrogen-bond donors (Lipinski definition) is 2. The van der Waals surface area contributed by atoms with E-state index in [4.69, 9.17) is 0 Å². The van der Waals surface area contributed by atoms with E-state index in [1.165, 1.54) is 75.3 Å². The van der Waals surface area contributed by atoms with Crippen molar-refractivity contribution in [3.05, 3.63) is 72.3 Å². The van der Waals surface area contributed by atoms with Crippen LogP contribution in [0, 0.1) is 0 Å². The summed E-state index contributed by atoms with van der Waals surface area (Å²) in [6.07, 6.45) is 14.4. The van der Waals surface area contributed by atoms with Gasteiger partial charge in [-0.25, -0.2) is 0 Å². The first kappa shape index (κ1) is 26.2. The van der Waals surface area contributed by atoms with Gasteiger partial charge in [0.2, 0.25) is 0 Å². The number of fused-ring (bicyclic) bond motifs is 1. The van der Waals surface area contributed by atoms with Gasteiger partial charge in [-0.3, -0.25) is 0 Å². The van der Waals surface area contributed by atoms with Crippen LogP contribution < -0.4 is 0 Å². The van der Waals surface area contributed by atoms with E-state index < -0.39 is 7.26 Å². The number of rotatable bonds is 11.